The number of para-hydroxylation sites is 1. The monoisotopic (exact) mass is 606 g/mol. The zero-order chi connectivity index (χ0) is 31.0. The Morgan fingerprint density at radius 1 is 1.07 bits per heavy atom. The van der Waals surface area contributed by atoms with Crippen LogP contribution < -0.4 is 24.9 Å². The van der Waals surface area contributed by atoms with Crippen molar-refractivity contribution in [2.24, 2.45) is 4.99 Å². The fraction of sp³-hybridized carbons (Fsp3) is 0.121. The van der Waals surface area contributed by atoms with Gasteiger partial charge >= 0.3 is 0 Å². The first kappa shape index (κ1) is 28.6. The molecular weight excluding hydrogens is 580 g/mol. The summed E-state index contributed by atoms with van der Waals surface area (Å²) in [7, 11) is 1.57. The van der Waals surface area contributed by atoms with Gasteiger partial charge < -0.3 is 14.5 Å². The number of ether oxygens (including phenoxy) is 1. The van der Waals surface area contributed by atoms with E-state index in [9.17, 15) is 19.7 Å². The number of thiazole rings is 1. The molecule has 1 amide bonds. The highest BCUT2D eigenvalue weighted by Crippen LogP contribution is 2.32. The minimum atomic E-state index is -0.748. The molecule has 10 nitrogen and oxygen atoms in total. The number of benzene rings is 3. The molecule has 44 heavy (non-hydrogen) atoms. The van der Waals surface area contributed by atoms with Gasteiger partial charge in [-0.3, -0.25) is 24.3 Å². The predicted molar refractivity (Wildman–Crippen MR) is 167 cm³/mol. The summed E-state index contributed by atoms with van der Waals surface area (Å²) in [6.07, 6.45) is 1.62. The van der Waals surface area contributed by atoms with Gasteiger partial charge in [0.1, 0.15) is 17.3 Å². The number of allylic oxidation sites excluding steroid dienone is 1. The molecule has 1 atom stereocenters. The van der Waals surface area contributed by atoms with Crippen molar-refractivity contribution in [3.05, 3.63) is 143 Å². The summed E-state index contributed by atoms with van der Waals surface area (Å²) < 4.78 is 13.2. The van der Waals surface area contributed by atoms with Crippen LogP contribution in [0, 0.1) is 17.0 Å². The lowest BCUT2D eigenvalue weighted by atomic mass is 9.95. The number of nitro benzene ring substituents is 1. The molecule has 6 rings (SSSR count). The number of anilines is 1. The van der Waals surface area contributed by atoms with Crippen LogP contribution in [0.5, 0.6) is 5.75 Å². The van der Waals surface area contributed by atoms with Gasteiger partial charge in [-0.05, 0) is 61.4 Å². The molecule has 0 unspecified atom stereocenters. The minimum absolute atomic E-state index is 0.0436. The number of carbonyl (C=O) groups is 1. The van der Waals surface area contributed by atoms with Gasteiger partial charge in [-0.1, -0.05) is 47.7 Å². The number of amides is 1. The number of non-ortho nitro benzene ring substituents is 1. The second-order valence-electron chi connectivity index (χ2n) is 10.1. The molecule has 220 valence electrons. The molecule has 1 aliphatic heterocycles. The summed E-state index contributed by atoms with van der Waals surface area (Å²) in [5.41, 5.74) is 3.20. The van der Waals surface area contributed by atoms with Gasteiger partial charge in [0.05, 0.1) is 33.9 Å². The van der Waals surface area contributed by atoms with Crippen LogP contribution in [0.25, 0.3) is 17.4 Å². The number of aromatic nitrogens is 1. The van der Waals surface area contributed by atoms with Crippen molar-refractivity contribution in [3.63, 3.8) is 0 Å². The third-order valence-electron chi connectivity index (χ3n) is 7.33. The van der Waals surface area contributed by atoms with Crippen molar-refractivity contribution >= 4 is 34.7 Å². The molecule has 0 radical (unpaired) electrons. The number of carbonyl (C=O) groups excluding carboxylic acids is 1. The maximum absolute atomic E-state index is 14.0. The Morgan fingerprint density at radius 3 is 2.52 bits per heavy atom. The number of rotatable bonds is 7. The molecule has 0 aliphatic carbocycles. The Balaban J connectivity index is 1.44. The summed E-state index contributed by atoms with van der Waals surface area (Å²) in [6.45, 7) is 3.60. The third-order valence-corrected chi connectivity index (χ3v) is 8.31. The largest absolute Gasteiger partial charge is 0.497 e. The van der Waals surface area contributed by atoms with Crippen molar-refractivity contribution in [2.45, 2.75) is 19.9 Å². The molecule has 11 heteroatoms. The molecule has 3 heterocycles. The van der Waals surface area contributed by atoms with Crippen LogP contribution in [-0.2, 0) is 4.79 Å². The molecular formula is C33H26N4O6S. The van der Waals surface area contributed by atoms with Gasteiger partial charge in [-0.2, -0.15) is 0 Å². The molecule has 0 saturated carbocycles. The number of hydrogen-bond donors (Lipinski definition) is 1. The highest BCUT2D eigenvalue weighted by Gasteiger charge is 2.32. The summed E-state index contributed by atoms with van der Waals surface area (Å²) in [4.78, 5) is 43.7. The lowest BCUT2D eigenvalue weighted by Crippen LogP contribution is -2.40. The maximum Gasteiger partial charge on any atom is 0.271 e. The number of furan rings is 1. The smallest absolute Gasteiger partial charge is 0.271 e. The van der Waals surface area contributed by atoms with Crippen molar-refractivity contribution in [2.75, 3.05) is 12.4 Å². The number of fused-ring (bicyclic) bond motifs is 1. The molecule has 0 bridgehead atoms. The highest BCUT2D eigenvalue weighted by molar-refractivity contribution is 7.07. The predicted octanol–water partition coefficient (Wildman–Crippen LogP) is 5.36. The summed E-state index contributed by atoms with van der Waals surface area (Å²) in [5.74, 6) is 1.12. The van der Waals surface area contributed by atoms with Gasteiger partial charge in [-0.25, -0.2) is 4.99 Å². The van der Waals surface area contributed by atoms with Gasteiger partial charge in [0.25, 0.3) is 17.2 Å². The van der Waals surface area contributed by atoms with E-state index < -0.39 is 11.0 Å². The first-order chi connectivity index (χ1) is 21.2. The van der Waals surface area contributed by atoms with E-state index in [1.165, 1.54) is 28.0 Å². The molecule has 1 aliphatic rings. The van der Waals surface area contributed by atoms with Crippen molar-refractivity contribution in [1.82, 2.24) is 4.57 Å². The first-order valence-electron chi connectivity index (χ1n) is 13.6. The van der Waals surface area contributed by atoms with Gasteiger partial charge in [-0.15, -0.1) is 0 Å². The van der Waals surface area contributed by atoms with E-state index in [-0.39, 0.29) is 17.2 Å². The lowest BCUT2D eigenvalue weighted by Gasteiger charge is -2.25. The Labute approximate surface area is 255 Å². The molecule has 2 aromatic heterocycles. The van der Waals surface area contributed by atoms with Crippen molar-refractivity contribution in [1.29, 1.82) is 0 Å². The molecule has 0 spiro atoms. The standard InChI is InChI=1S/C33H26N4O6S/c1-19-9-12-23(37(40)41)17-26(19)27-16-15-25(43-27)18-28-32(39)36-30(21-10-13-24(42-3)14-11-21)29(20(2)34-33(36)44-28)31(38)35-22-7-5-4-6-8-22/h4-18,30H,1-3H3,(H,35,38)/b28-18+/t30-/m1/s1. The lowest BCUT2D eigenvalue weighted by molar-refractivity contribution is -0.384. The molecule has 0 saturated heterocycles. The highest BCUT2D eigenvalue weighted by atomic mass is 32.1. The molecule has 3 aromatic carbocycles. The maximum atomic E-state index is 14.0. The zero-order valence-corrected chi connectivity index (χ0v) is 24.8. The fourth-order valence-corrected chi connectivity index (χ4v) is 6.15. The molecule has 0 fully saturated rings. The number of hydrogen-bond acceptors (Lipinski definition) is 8. The fourth-order valence-electron chi connectivity index (χ4n) is 5.13. The minimum Gasteiger partial charge on any atom is -0.497 e. The number of nitrogens with one attached hydrogen (secondary N) is 1. The summed E-state index contributed by atoms with van der Waals surface area (Å²) >= 11 is 1.19. The summed E-state index contributed by atoms with van der Waals surface area (Å²) in [5, 5.41) is 14.2. The number of aryl methyl sites for hydroxylation is 1. The van der Waals surface area contributed by atoms with E-state index in [4.69, 9.17) is 9.15 Å². The topological polar surface area (TPSA) is 129 Å². The van der Waals surface area contributed by atoms with Crippen LogP contribution in [-0.4, -0.2) is 22.5 Å². The number of methoxy groups -OCH3 is 1. The Kier molecular flexibility index (Phi) is 7.54. The van der Waals surface area contributed by atoms with E-state index in [2.05, 4.69) is 10.3 Å². The van der Waals surface area contributed by atoms with E-state index >= 15 is 0 Å². The zero-order valence-electron chi connectivity index (χ0n) is 23.9. The normalized spacial score (nSPS) is 14.6. The van der Waals surface area contributed by atoms with Crippen LogP contribution >= 0.6 is 11.3 Å². The van der Waals surface area contributed by atoms with E-state index in [0.29, 0.717) is 54.7 Å². The van der Waals surface area contributed by atoms with Crippen molar-refractivity contribution < 1.29 is 18.9 Å². The summed E-state index contributed by atoms with van der Waals surface area (Å²) in [6, 6.07) is 23.6. The van der Waals surface area contributed by atoms with Crippen LogP contribution in [0.4, 0.5) is 11.4 Å². The van der Waals surface area contributed by atoms with Crippen molar-refractivity contribution in [3.8, 4) is 17.1 Å². The Hall–Kier alpha value is -5.55. The third kappa shape index (κ3) is 5.36. The molecule has 5 aromatic rings. The van der Waals surface area contributed by atoms with Crippen LogP contribution in [0.3, 0.4) is 0 Å². The second-order valence-corrected chi connectivity index (χ2v) is 11.1. The second kappa shape index (κ2) is 11.6. The number of nitro groups is 1. The molecule has 1 N–H and O–H groups in total. The van der Waals surface area contributed by atoms with Crippen LogP contribution in [0.2, 0.25) is 0 Å². The first-order valence-corrected chi connectivity index (χ1v) is 14.4. The SMILES string of the molecule is COc1ccc([C@@H]2C(C(=O)Nc3ccccc3)=C(C)N=c3s/c(=C/c4ccc(-c5cc([N+](=O)[O-])ccc5C)o4)c(=O)n32)cc1. The average Bonchev–Trinajstić information content (AvgIpc) is 3.61. The van der Waals surface area contributed by atoms with Gasteiger partial charge in [0, 0.05) is 29.5 Å². The Morgan fingerprint density at radius 2 is 1.82 bits per heavy atom. The van der Waals surface area contributed by atoms with E-state index in [0.717, 1.165) is 5.56 Å². The van der Waals surface area contributed by atoms with Crippen LogP contribution in [0.1, 0.15) is 29.9 Å². The average molecular weight is 607 g/mol. The van der Waals surface area contributed by atoms with Gasteiger partial charge in [0.2, 0.25) is 0 Å². The Bertz CT molecular complexity index is 2130. The van der Waals surface area contributed by atoms with Gasteiger partial charge in [0.15, 0.2) is 4.80 Å². The van der Waals surface area contributed by atoms with E-state index in [1.54, 1.807) is 62.6 Å². The number of nitrogens with zero attached hydrogens (tertiary/aromatic N) is 3. The van der Waals surface area contributed by atoms with Crippen LogP contribution in [0.15, 0.2) is 110 Å². The quantitative estimate of drug-likeness (QED) is 0.196. The van der Waals surface area contributed by atoms with E-state index in [1.807, 2.05) is 37.3 Å².